The van der Waals surface area contributed by atoms with Crippen LogP contribution in [0.4, 0.5) is 0 Å². The minimum absolute atomic E-state index is 0.210. The summed E-state index contributed by atoms with van der Waals surface area (Å²) in [5, 5.41) is 0. The summed E-state index contributed by atoms with van der Waals surface area (Å²) in [6.45, 7) is 2.12. The van der Waals surface area contributed by atoms with E-state index in [1.807, 2.05) is 18.2 Å². The van der Waals surface area contributed by atoms with Crippen molar-refractivity contribution in [1.29, 1.82) is 0 Å². The zero-order chi connectivity index (χ0) is 15.4. The predicted molar refractivity (Wildman–Crippen MR) is 86.3 cm³/mol. The van der Waals surface area contributed by atoms with Gasteiger partial charge in [-0.3, -0.25) is 4.90 Å². The van der Waals surface area contributed by atoms with Crippen molar-refractivity contribution in [3.05, 3.63) is 59.2 Å². The Labute approximate surface area is 127 Å². The second-order valence-electron chi connectivity index (χ2n) is 5.36. The van der Waals surface area contributed by atoms with E-state index in [-0.39, 0.29) is 6.04 Å². The molecule has 0 radical (unpaired) electrons. The first kappa shape index (κ1) is 15.4. The van der Waals surface area contributed by atoms with Gasteiger partial charge in [0.05, 0.1) is 20.3 Å². The molecule has 112 valence electrons. The lowest BCUT2D eigenvalue weighted by atomic mass is 9.94. The standard InChI is InChI=1S/C18H23NO2/c1-13-12-16(21-5)10-11-17(13)18(19(2)3)14-6-8-15(20-4)9-7-14/h6-12,18H,1-5H3/t18-/m0/s1. The molecule has 3 nitrogen and oxygen atoms in total. The second-order valence-corrected chi connectivity index (χ2v) is 5.36. The van der Waals surface area contributed by atoms with Crippen molar-refractivity contribution >= 4 is 0 Å². The van der Waals surface area contributed by atoms with Gasteiger partial charge in [0, 0.05) is 0 Å². The van der Waals surface area contributed by atoms with Gasteiger partial charge in [-0.1, -0.05) is 18.2 Å². The highest BCUT2D eigenvalue weighted by molar-refractivity contribution is 5.42. The van der Waals surface area contributed by atoms with Crippen LogP contribution in [0.2, 0.25) is 0 Å². The summed E-state index contributed by atoms with van der Waals surface area (Å²) in [4.78, 5) is 2.22. The molecule has 0 spiro atoms. The van der Waals surface area contributed by atoms with Crippen LogP contribution in [-0.4, -0.2) is 33.2 Å². The minimum Gasteiger partial charge on any atom is -0.497 e. The van der Waals surface area contributed by atoms with E-state index >= 15 is 0 Å². The Hall–Kier alpha value is -2.00. The van der Waals surface area contributed by atoms with Gasteiger partial charge in [-0.2, -0.15) is 0 Å². The van der Waals surface area contributed by atoms with Crippen molar-refractivity contribution in [2.75, 3.05) is 28.3 Å². The minimum atomic E-state index is 0.210. The fraction of sp³-hybridized carbons (Fsp3) is 0.333. The third-order valence-corrected chi connectivity index (χ3v) is 3.72. The predicted octanol–water partition coefficient (Wildman–Crippen LogP) is 3.66. The third kappa shape index (κ3) is 3.37. The monoisotopic (exact) mass is 285 g/mol. The molecule has 0 aromatic heterocycles. The third-order valence-electron chi connectivity index (χ3n) is 3.72. The van der Waals surface area contributed by atoms with Gasteiger partial charge < -0.3 is 9.47 Å². The molecule has 0 amide bonds. The maximum absolute atomic E-state index is 5.30. The van der Waals surface area contributed by atoms with E-state index in [0.29, 0.717) is 0 Å². The molecule has 0 heterocycles. The zero-order valence-electron chi connectivity index (χ0n) is 13.4. The first-order chi connectivity index (χ1) is 10.1. The number of nitrogens with zero attached hydrogens (tertiary/aromatic N) is 1. The summed E-state index contributed by atoms with van der Waals surface area (Å²) in [6.07, 6.45) is 0. The molecule has 0 aliphatic heterocycles. The maximum atomic E-state index is 5.30. The van der Waals surface area contributed by atoms with Crippen molar-refractivity contribution < 1.29 is 9.47 Å². The fourth-order valence-electron chi connectivity index (χ4n) is 2.62. The smallest absolute Gasteiger partial charge is 0.119 e. The number of benzene rings is 2. The topological polar surface area (TPSA) is 21.7 Å². The van der Waals surface area contributed by atoms with Crippen LogP contribution >= 0.6 is 0 Å². The summed E-state index contributed by atoms with van der Waals surface area (Å²) in [6, 6.07) is 14.7. The molecule has 0 N–H and O–H groups in total. The van der Waals surface area contributed by atoms with Gasteiger partial charge in [-0.25, -0.2) is 0 Å². The van der Waals surface area contributed by atoms with Gasteiger partial charge in [0.25, 0.3) is 0 Å². The second kappa shape index (κ2) is 6.64. The number of ether oxygens (including phenoxy) is 2. The molecular weight excluding hydrogens is 262 g/mol. The summed E-state index contributed by atoms with van der Waals surface area (Å²) < 4.78 is 10.5. The van der Waals surface area contributed by atoms with Gasteiger partial charge in [-0.15, -0.1) is 0 Å². The van der Waals surface area contributed by atoms with Crippen molar-refractivity contribution in [2.24, 2.45) is 0 Å². The van der Waals surface area contributed by atoms with Crippen LogP contribution in [0.5, 0.6) is 11.5 Å². The van der Waals surface area contributed by atoms with E-state index in [2.05, 4.69) is 50.2 Å². The van der Waals surface area contributed by atoms with E-state index in [9.17, 15) is 0 Å². The van der Waals surface area contributed by atoms with Crippen LogP contribution in [-0.2, 0) is 0 Å². The lowest BCUT2D eigenvalue weighted by molar-refractivity contribution is 0.340. The first-order valence-electron chi connectivity index (χ1n) is 7.01. The Bertz CT molecular complexity index is 591. The quantitative estimate of drug-likeness (QED) is 0.837. The molecular formula is C18H23NO2. The SMILES string of the molecule is COc1ccc([C@@H](c2ccc(OC)cc2C)N(C)C)cc1. The average Bonchev–Trinajstić information content (AvgIpc) is 2.49. The molecule has 21 heavy (non-hydrogen) atoms. The average molecular weight is 285 g/mol. The van der Waals surface area contributed by atoms with E-state index in [0.717, 1.165) is 11.5 Å². The van der Waals surface area contributed by atoms with Crippen molar-refractivity contribution in [2.45, 2.75) is 13.0 Å². The summed E-state index contributed by atoms with van der Waals surface area (Å²) in [5.41, 5.74) is 3.75. The van der Waals surface area contributed by atoms with Crippen molar-refractivity contribution in [3.8, 4) is 11.5 Å². The Morgan fingerprint density at radius 3 is 1.90 bits per heavy atom. The van der Waals surface area contributed by atoms with Crippen LogP contribution in [0.1, 0.15) is 22.7 Å². The largest absolute Gasteiger partial charge is 0.497 e. The van der Waals surface area contributed by atoms with E-state index in [1.165, 1.54) is 16.7 Å². The molecule has 3 heteroatoms. The maximum Gasteiger partial charge on any atom is 0.119 e. The molecule has 1 atom stereocenters. The van der Waals surface area contributed by atoms with E-state index in [4.69, 9.17) is 9.47 Å². The molecule has 0 unspecified atom stereocenters. The van der Waals surface area contributed by atoms with E-state index in [1.54, 1.807) is 14.2 Å². The highest BCUT2D eigenvalue weighted by Gasteiger charge is 2.18. The van der Waals surface area contributed by atoms with Crippen LogP contribution in [0.15, 0.2) is 42.5 Å². The van der Waals surface area contributed by atoms with E-state index < -0.39 is 0 Å². The highest BCUT2D eigenvalue weighted by Crippen LogP contribution is 2.31. The van der Waals surface area contributed by atoms with Gasteiger partial charge in [-0.05, 0) is 62.0 Å². The van der Waals surface area contributed by atoms with Gasteiger partial charge in [0.1, 0.15) is 11.5 Å². The summed E-state index contributed by atoms with van der Waals surface area (Å²) in [7, 11) is 7.57. The zero-order valence-corrected chi connectivity index (χ0v) is 13.4. The van der Waals surface area contributed by atoms with Crippen LogP contribution < -0.4 is 9.47 Å². The van der Waals surface area contributed by atoms with Crippen molar-refractivity contribution in [3.63, 3.8) is 0 Å². The molecule has 0 aliphatic rings. The number of aryl methyl sites for hydroxylation is 1. The van der Waals surface area contributed by atoms with Crippen LogP contribution in [0.3, 0.4) is 0 Å². The molecule has 0 saturated heterocycles. The number of methoxy groups -OCH3 is 2. The Kier molecular flexibility index (Phi) is 4.86. The summed E-state index contributed by atoms with van der Waals surface area (Å²) in [5.74, 6) is 1.77. The highest BCUT2D eigenvalue weighted by atomic mass is 16.5. The number of hydrogen-bond acceptors (Lipinski definition) is 3. The van der Waals surface area contributed by atoms with Crippen LogP contribution in [0, 0.1) is 6.92 Å². The van der Waals surface area contributed by atoms with Gasteiger partial charge in [0.15, 0.2) is 0 Å². The van der Waals surface area contributed by atoms with Crippen molar-refractivity contribution in [1.82, 2.24) is 4.90 Å². The van der Waals surface area contributed by atoms with Gasteiger partial charge >= 0.3 is 0 Å². The first-order valence-corrected chi connectivity index (χ1v) is 7.01. The lowest BCUT2D eigenvalue weighted by Gasteiger charge is -2.27. The molecule has 0 saturated carbocycles. The Morgan fingerprint density at radius 2 is 1.43 bits per heavy atom. The molecule has 0 bridgehead atoms. The lowest BCUT2D eigenvalue weighted by Crippen LogP contribution is -2.21. The Balaban J connectivity index is 2.43. The number of rotatable bonds is 5. The molecule has 0 aliphatic carbocycles. The fourth-order valence-corrected chi connectivity index (χ4v) is 2.62. The summed E-state index contributed by atoms with van der Waals surface area (Å²) >= 11 is 0. The Morgan fingerprint density at radius 1 is 0.857 bits per heavy atom. The molecule has 2 rings (SSSR count). The number of hydrogen-bond donors (Lipinski definition) is 0. The normalized spacial score (nSPS) is 12.3. The van der Waals surface area contributed by atoms with Gasteiger partial charge in [0.2, 0.25) is 0 Å². The molecule has 2 aromatic carbocycles. The molecule has 2 aromatic rings. The molecule has 0 fully saturated rings. The van der Waals surface area contributed by atoms with Crippen LogP contribution in [0.25, 0.3) is 0 Å².